The van der Waals surface area contributed by atoms with Crippen LogP contribution < -0.4 is 16.2 Å². The van der Waals surface area contributed by atoms with E-state index < -0.39 is 17.3 Å². The Hall–Kier alpha value is -2.96. The van der Waals surface area contributed by atoms with Gasteiger partial charge >= 0.3 is 0 Å². The molecule has 1 aromatic carbocycles. The van der Waals surface area contributed by atoms with Gasteiger partial charge in [-0.15, -0.1) is 0 Å². The highest BCUT2D eigenvalue weighted by molar-refractivity contribution is 6.04. The van der Waals surface area contributed by atoms with Gasteiger partial charge in [0.1, 0.15) is 17.9 Å². The van der Waals surface area contributed by atoms with E-state index in [2.05, 4.69) is 10.6 Å². The highest BCUT2D eigenvalue weighted by atomic mass is 19.1. The van der Waals surface area contributed by atoms with Crippen molar-refractivity contribution in [3.63, 3.8) is 0 Å². The maximum Gasteiger partial charge on any atom is 0.263 e. The molecule has 0 spiro atoms. The number of pyridine rings is 1. The lowest BCUT2D eigenvalue weighted by molar-refractivity contribution is -0.122. The molecule has 1 aliphatic carbocycles. The summed E-state index contributed by atoms with van der Waals surface area (Å²) in [7, 11) is 0. The van der Waals surface area contributed by atoms with E-state index in [0.29, 0.717) is 11.6 Å². The standard InChI is InChI=1S/C19H20FN3O3/c1-12(13-4-5-13)21-17(24)11-23-10-2-3-16(19(23)26)18(25)22-15-8-6-14(20)7-9-15/h2-3,6-10,12-13H,4-5,11H2,1H3,(H,21,24)(H,22,25). The Morgan fingerprint density at radius 1 is 1.23 bits per heavy atom. The summed E-state index contributed by atoms with van der Waals surface area (Å²) in [5.74, 6) is -0.773. The topological polar surface area (TPSA) is 80.2 Å². The van der Waals surface area contributed by atoms with Gasteiger partial charge in [0, 0.05) is 17.9 Å². The Balaban J connectivity index is 1.69. The molecule has 1 heterocycles. The second-order valence-corrected chi connectivity index (χ2v) is 6.51. The monoisotopic (exact) mass is 357 g/mol. The first kappa shape index (κ1) is 17.8. The third kappa shape index (κ3) is 4.36. The molecule has 2 N–H and O–H groups in total. The van der Waals surface area contributed by atoms with Gasteiger partial charge in [0.15, 0.2) is 0 Å². The highest BCUT2D eigenvalue weighted by Crippen LogP contribution is 2.32. The van der Waals surface area contributed by atoms with E-state index in [1.165, 1.54) is 41.1 Å². The molecule has 1 fully saturated rings. The fourth-order valence-electron chi connectivity index (χ4n) is 2.73. The zero-order valence-corrected chi connectivity index (χ0v) is 14.4. The summed E-state index contributed by atoms with van der Waals surface area (Å²) >= 11 is 0. The van der Waals surface area contributed by atoms with E-state index in [1.807, 2.05) is 6.92 Å². The molecule has 1 atom stereocenters. The smallest absolute Gasteiger partial charge is 0.263 e. The van der Waals surface area contributed by atoms with Crippen LogP contribution in [0.5, 0.6) is 0 Å². The van der Waals surface area contributed by atoms with Crippen molar-refractivity contribution in [3.05, 3.63) is 64.3 Å². The lowest BCUT2D eigenvalue weighted by atomic mass is 10.2. The quantitative estimate of drug-likeness (QED) is 0.831. The second-order valence-electron chi connectivity index (χ2n) is 6.51. The van der Waals surface area contributed by atoms with Crippen LogP contribution in [0.3, 0.4) is 0 Å². The van der Waals surface area contributed by atoms with Crippen molar-refractivity contribution >= 4 is 17.5 Å². The summed E-state index contributed by atoms with van der Waals surface area (Å²) in [6.45, 7) is 1.80. The van der Waals surface area contributed by atoms with Crippen molar-refractivity contribution in [2.24, 2.45) is 5.92 Å². The van der Waals surface area contributed by atoms with Gasteiger partial charge < -0.3 is 15.2 Å². The van der Waals surface area contributed by atoms with Crippen molar-refractivity contribution < 1.29 is 14.0 Å². The average Bonchev–Trinajstić information content (AvgIpc) is 3.44. The zero-order chi connectivity index (χ0) is 18.7. The van der Waals surface area contributed by atoms with E-state index in [0.717, 1.165) is 12.8 Å². The molecule has 0 radical (unpaired) electrons. The molecule has 0 aliphatic heterocycles. The fourth-order valence-corrected chi connectivity index (χ4v) is 2.73. The Morgan fingerprint density at radius 2 is 1.92 bits per heavy atom. The predicted molar refractivity (Wildman–Crippen MR) is 95.4 cm³/mol. The lowest BCUT2D eigenvalue weighted by Crippen LogP contribution is -2.39. The number of anilines is 1. The number of halogens is 1. The first-order valence-electron chi connectivity index (χ1n) is 8.50. The molecule has 136 valence electrons. The summed E-state index contributed by atoms with van der Waals surface area (Å²) in [5.41, 5.74) is -0.261. The van der Waals surface area contributed by atoms with Crippen LogP contribution >= 0.6 is 0 Å². The number of nitrogens with zero attached hydrogens (tertiary/aromatic N) is 1. The third-order valence-electron chi connectivity index (χ3n) is 4.40. The van der Waals surface area contributed by atoms with E-state index in [-0.39, 0.29) is 24.1 Å². The third-order valence-corrected chi connectivity index (χ3v) is 4.40. The molecule has 2 amide bonds. The molecule has 6 nitrogen and oxygen atoms in total. The molecule has 1 unspecified atom stereocenters. The number of hydrogen-bond acceptors (Lipinski definition) is 3. The number of carbonyl (C=O) groups excluding carboxylic acids is 2. The molecule has 2 aromatic rings. The Morgan fingerprint density at radius 3 is 2.58 bits per heavy atom. The summed E-state index contributed by atoms with van der Waals surface area (Å²) in [4.78, 5) is 36.9. The minimum atomic E-state index is -0.609. The summed E-state index contributed by atoms with van der Waals surface area (Å²) < 4.78 is 14.1. The number of rotatable bonds is 6. The van der Waals surface area contributed by atoms with Crippen LogP contribution in [0, 0.1) is 11.7 Å². The van der Waals surface area contributed by atoms with Gasteiger partial charge in [-0.3, -0.25) is 14.4 Å². The molecule has 7 heteroatoms. The van der Waals surface area contributed by atoms with Crippen molar-refractivity contribution in [3.8, 4) is 0 Å². The van der Waals surface area contributed by atoms with Crippen LogP contribution in [0.2, 0.25) is 0 Å². The number of aromatic nitrogens is 1. The van der Waals surface area contributed by atoms with Crippen LogP contribution in [-0.4, -0.2) is 22.4 Å². The van der Waals surface area contributed by atoms with Gasteiger partial charge in [-0.2, -0.15) is 0 Å². The van der Waals surface area contributed by atoms with Crippen molar-refractivity contribution in [2.75, 3.05) is 5.32 Å². The molecule has 1 aromatic heterocycles. The Labute approximate surface area is 150 Å². The number of amides is 2. The molecule has 1 aliphatic rings. The maximum absolute atomic E-state index is 12.9. The van der Waals surface area contributed by atoms with Crippen LogP contribution in [0.15, 0.2) is 47.4 Å². The zero-order valence-electron chi connectivity index (χ0n) is 14.4. The van der Waals surface area contributed by atoms with Gasteiger partial charge in [0.25, 0.3) is 11.5 Å². The summed E-state index contributed by atoms with van der Waals surface area (Å²) in [6, 6.07) is 8.25. The maximum atomic E-state index is 12.9. The minimum absolute atomic E-state index is 0.0835. The fraction of sp³-hybridized carbons (Fsp3) is 0.316. The Bertz CT molecular complexity index is 872. The van der Waals surface area contributed by atoms with Crippen LogP contribution in [-0.2, 0) is 11.3 Å². The Kier molecular flexibility index (Phi) is 5.16. The van der Waals surface area contributed by atoms with E-state index in [9.17, 15) is 18.8 Å². The SMILES string of the molecule is CC(NC(=O)Cn1cccc(C(=O)Nc2ccc(F)cc2)c1=O)C1CC1. The first-order valence-corrected chi connectivity index (χ1v) is 8.50. The highest BCUT2D eigenvalue weighted by Gasteiger charge is 2.28. The number of nitrogens with one attached hydrogen (secondary N) is 2. The average molecular weight is 357 g/mol. The minimum Gasteiger partial charge on any atom is -0.352 e. The van der Waals surface area contributed by atoms with Crippen LogP contribution in [0.4, 0.5) is 10.1 Å². The summed E-state index contributed by atoms with van der Waals surface area (Å²) in [6.07, 6.45) is 3.69. The lowest BCUT2D eigenvalue weighted by Gasteiger charge is -2.14. The molecule has 26 heavy (non-hydrogen) atoms. The van der Waals surface area contributed by atoms with Crippen molar-refractivity contribution in [1.82, 2.24) is 9.88 Å². The normalized spacial score (nSPS) is 14.5. The molecule has 1 saturated carbocycles. The van der Waals surface area contributed by atoms with Gasteiger partial charge in [-0.25, -0.2) is 4.39 Å². The van der Waals surface area contributed by atoms with Crippen LogP contribution in [0.1, 0.15) is 30.1 Å². The van der Waals surface area contributed by atoms with Crippen molar-refractivity contribution in [2.45, 2.75) is 32.4 Å². The second kappa shape index (κ2) is 7.51. The largest absolute Gasteiger partial charge is 0.352 e. The molecule has 0 saturated heterocycles. The molecular weight excluding hydrogens is 337 g/mol. The molecule has 3 rings (SSSR count). The number of hydrogen-bond donors (Lipinski definition) is 2. The van der Waals surface area contributed by atoms with E-state index >= 15 is 0 Å². The molecular formula is C19H20FN3O3. The van der Waals surface area contributed by atoms with E-state index in [4.69, 9.17) is 0 Å². The predicted octanol–water partition coefficient (Wildman–Crippen LogP) is 2.15. The number of benzene rings is 1. The molecule has 0 bridgehead atoms. The van der Waals surface area contributed by atoms with Gasteiger partial charge in [-0.1, -0.05) is 0 Å². The first-order chi connectivity index (χ1) is 12.4. The van der Waals surface area contributed by atoms with Gasteiger partial charge in [-0.05, 0) is 62.1 Å². The van der Waals surface area contributed by atoms with Gasteiger partial charge in [0.05, 0.1) is 0 Å². The van der Waals surface area contributed by atoms with E-state index in [1.54, 1.807) is 6.07 Å². The summed E-state index contributed by atoms with van der Waals surface area (Å²) in [5, 5.41) is 5.42. The number of carbonyl (C=O) groups is 2. The van der Waals surface area contributed by atoms with Gasteiger partial charge in [0.2, 0.25) is 5.91 Å². The van der Waals surface area contributed by atoms with Crippen LogP contribution in [0.25, 0.3) is 0 Å². The van der Waals surface area contributed by atoms with Crippen molar-refractivity contribution in [1.29, 1.82) is 0 Å².